The smallest absolute Gasteiger partial charge is 0.316 e. The van der Waals surface area contributed by atoms with Crippen molar-refractivity contribution in [3.8, 4) is 5.75 Å². The summed E-state index contributed by atoms with van der Waals surface area (Å²) in [7, 11) is 2.53. The standard InChI is InChI=1S/C12H12F2O3/c1-16-7-5-8(13)10(9(14)6-7)12(3-4-12)11(15)17-2/h5-6H,3-4H2,1-2H3. The number of esters is 1. The molecule has 1 aromatic rings. The second-order valence-electron chi connectivity index (χ2n) is 4.04. The molecule has 0 aromatic heterocycles. The second-order valence-corrected chi connectivity index (χ2v) is 4.04. The van der Waals surface area contributed by atoms with Crippen molar-refractivity contribution in [1.29, 1.82) is 0 Å². The summed E-state index contributed by atoms with van der Waals surface area (Å²) in [6, 6.07) is 2.14. The number of hydrogen-bond acceptors (Lipinski definition) is 3. The maximum absolute atomic E-state index is 13.8. The summed E-state index contributed by atoms with van der Waals surface area (Å²) in [5, 5.41) is 0. The number of carbonyl (C=O) groups is 1. The van der Waals surface area contributed by atoms with Gasteiger partial charge in [0, 0.05) is 17.7 Å². The van der Waals surface area contributed by atoms with Crippen LogP contribution in [-0.2, 0) is 14.9 Å². The maximum Gasteiger partial charge on any atom is 0.316 e. The number of carbonyl (C=O) groups excluding carboxylic acids is 1. The van der Waals surface area contributed by atoms with E-state index in [1.807, 2.05) is 0 Å². The lowest BCUT2D eigenvalue weighted by atomic mass is 9.94. The van der Waals surface area contributed by atoms with Crippen molar-refractivity contribution >= 4 is 5.97 Å². The van der Waals surface area contributed by atoms with E-state index < -0.39 is 23.0 Å². The SMILES string of the molecule is COC(=O)C1(c2c(F)cc(OC)cc2F)CC1. The molecule has 5 heteroatoms. The molecule has 0 atom stereocenters. The summed E-state index contributed by atoms with van der Waals surface area (Å²) in [6.45, 7) is 0. The van der Waals surface area contributed by atoms with Gasteiger partial charge in [-0.15, -0.1) is 0 Å². The van der Waals surface area contributed by atoms with E-state index in [1.54, 1.807) is 0 Å². The Bertz CT molecular complexity index is 444. The number of rotatable bonds is 3. The van der Waals surface area contributed by atoms with Crippen LogP contribution in [0.4, 0.5) is 8.78 Å². The molecule has 0 saturated heterocycles. The van der Waals surface area contributed by atoms with Crippen molar-refractivity contribution in [3.63, 3.8) is 0 Å². The van der Waals surface area contributed by atoms with Gasteiger partial charge in [0.05, 0.1) is 19.6 Å². The third-order valence-electron chi connectivity index (χ3n) is 3.06. The number of methoxy groups -OCH3 is 2. The molecular formula is C12H12F2O3. The first kappa shape index (κ1) is 11.8. The van der Waals surface area contributed by atoms with Crippen LogP contribution < -0.4 is 4.74 Å². The minimum absolute atomic E-state index is 0.0874. The lowest BCUT2D eigenvalue weighted by molar-refractivity contribution is -0.143. The van der Waals surface area contributed by atoms with Crippen molar-refractivity contribution in [2.75, 3.05) is 14.2 Å². The average Bonchev–Trinajstić information content (AvgIpc) is 3.08. The van der Waals surface area contributed by atoms with Gasteiger partial charge in [-0.2, -0.15) is 0 Å². The fourth-order valence-corrected chi connectivity index (χ4v) is 2.00. The summed E-state index contributed by atoms with van der Waals surface area (Å²) < 4.78 is 37.0. The monoisotopic (exact) mass is 242 g/mol. The van der Waals surface area contributed by atoms with Crippen LogP contribution in [0.25, 0.3) is 0 Å². The van der Waals surface area contributed by atoms with Gasteiger partial charge in [0.25, 0.3) is 0 Å². The molecule has 0 unspecified atom stereocenters. The molecule has 0 bridgehead atoms. The predicted molar refractivity (Wildman–Crippen MR) is 55.8 cm³/mol. The molecule has 0 N–H and O–H groups in total. The first-order valence-corrected chi connectivity index (χ1v) is 5.17. The van der Waals surface area contributed by atoms with Gasteiger partial charge in [-0.1, -0.05) is 0 Å². The van der Waals surface area contributed by atoms with E-state index in [0.717, 1.165) is 12.1 Å². The van der Waals surface area contributed by atoms with Crippen LogP contribution in [0.3, 0.4) is 0 Å². The first-order chi connectivity index (χ1) is 8.05. The molecule has 17 heavy (non-hydrogen) atoms. The van der Waals surface area contributed by atoms with Gasteiger partial charge in [-0.05, 0) is 12.8 Å². The van der Waals surface area contributed by atoms with Crippen LogP contribution in [0.5, 0.6) is 5.75 Å². The normalized spacial score (nSPS) is 16.5. The molecule has 1 aromatic carbocycles. The first-order valence-electron chi connectivity index (χ1n) is 5.17. The van der Waals surface area contributed by atoms with Crippen molar-refractivity contribution in [1.82, 2.24) is 0 Å². The highest BCUT2D eigenvalue weighted by Gasteiger charge is 2.55. The Balaban J connectivity index is 2.50. The van der Waals surface area contributed by atoms with Gasteiger partial charge >= 0.3 is 5.97 Å². The summed E-state index contributed by atoms with van der Waals surface area (Å²) >= 11 is 0. The fraction of sp³-hybridized carbons (Fsp3) is 0.417. The molecule has 1 fully saturated rings. The van der Waals surface area contributed by atoms with Crippen LogP contribution >= 0.6 is 0 Å². The number of ether oxygens (including phenoxy) is 2. The molecule has 1 saturated carbocycles. The minimum Gasteiger partial charge on any atom is -0.497 e. The molecule has 0 radical (unpaired) electrons. The lowest BCUT2D eigenvalue weighted by Gasteiger charge is -2.15. The maximum atomic E-state index is 13.8. The molecule has 2 rings (SSSR count). The Kier molecular flexibility index (Phi) is 2.77. The molecule has 1 aliphatic rings. The van der Waals surface area contributed by atoms with E-state index in [4.69, 9.17) is 4.74 Å². The largest absolute Gasteiger partial charge is 0.497 e. The molecule has 0 aliphatic heterocycles. The van der Waals surface area contributed by atoms with E-state index in [9.17, 15) is 13.6 Å². The summed E-state index contributed by atoms with van der Waals surface area (Å²) in [5.74, 6) is -2.06. The van der Waals surface area contributed by atoms with Crippen LogP contribution in [-0.4, -0.2) is 20.2 Å². The van der Waals surface area contributed by atoms with E-state index >= 15 is 0 Å². The Morgan fingerprint density at radius 1 is 1.24 bits per heavy atom. The number of halogens is 2. The van der Waals surface area contributed by atoms with Gasteiger partial charge in [0.2, 0.25) is 0 Å². The topological polar surface area (TPSA) is 35.5 Å². The van der Waals surface area contributed by atoms with Crippen LogP contribution in [0.15, 0.2) is 12.1 Å². The molecular weight excluding hydrogens is 230 g/mol. The van der Waals surface area contributed by atoms with Gasteiger partial charge in [-0.25, -0.2) is 8.78 Å². The molecule has 1 aliphatic carbocycles. The fourth-order valence-electron chi connectivity index (χ4n) is 2.00. The minimum atomic E-state index is -1.14. The highest BCUT2D eigenvalue weighted by Crippen LogP contribution is 2.51. The van der Waals surface area contributed by atoms with Gasteiger partial charge in [-0.3, -0.25) is 4.79 Å². The Morgan fingerprint density at radius 3 is 2.12 bits per heavy atom. The number of hydrogen-bond donors (Lipinski definition) is 0. The Labute approximate surface area is 97.3 Å². The summed E-state index contributed by atoms with van der Waals surface area (Å²) in [5.41, 5.74) is -1.36. The Morgan fingerprint density at radius 2 is 1.76 bits per heavy atom. The Hall–Kier alpha value is -1.65. The van der Waals surface area contributed by atoms with Crippen molar-refractivity contribution in [2.45, 2.75) is 18.3 Å². The number of benzene rings is 1. The zero-order valence-electron chi connectivity index (χ0n) is 9.55. The molecule has 3 nitrogen and oxygen atoms in total. The molecule has 0 spiro atoms. The van der Waals surface area contributed by atoms with E-state index in [1.165, 1.54) is 14.2 Å². The third-order valence-corrected chi connectivity index (χ3v) is 3.06. The predicted octanol–water partition coefficient (Wildman–Crippen LogP) is 2.18. The summed E-state index contributed by atoms with van der Waals surface area (Å²) in [4.78, 5) is 11.6. The highest BCUT2D eigenvalue weighted by atomic mass is 19.1. The zero-order valence-corrected chi connectivity index (χ0v) is 9.55. The van der Waals surface area contributed by atoms with Gasteiger partial charge < -0.3 is 9.47 Å². The van der Waals surface area contributed by atoms with Gasteiger partial charge in [0.15, 0.2) is 0 Å². The summed E-state index contributed by atoms with van der Waals surface area (Å²) in [6.07, 6.45) is 0.805. The van der Waals surface area contributed by atoms with Gasteiger partial charge in [0.1, 0.15) is 17.4 Å². The average molecular weight is 242 g/mol. The van der Waals surface area contributed by atoms with E-state index in [0.29, 0.717) is 12.8 Å². The molecule has 0 amide bonds. The van der Waals surface area contributed by atoms with E-state index in [2.05, 4.69) is 4.74 Å². The highest BCUT2D eigenvalue weighted by molar-refractivity contribution is 5.86. The lowest BCUT2D eigenvalue weighted by Crippen LogP contribution is -2.24. The quantitative estimate of drug-likeness (QED) is 0.762. The van der Waals surface area contributed by atoms with Crippen molar-refractivity contribution in [3.05, 3.63) is 29.3 Å². The van der Waals surface area contributed by atoms with E-state index in [-0.39, 0.29) is 11.3 Å². The van der Waals surface area contributed by atoms with Crippen LogP contribution in [0, 0.1) is 11.6 Å². The van der Waals surface area contributed by atoms with Crippen molar-refractivity contribution in [2.24, 2.45) is 0 Å². The van der Waals surface area contributed by atoms with Crippen molar-refractivity contribution < 1.29 is 23.0 Å². The zero-order chi connectivity index (χ0) is 12.6. The third kappa shape index (κ3) is 1.75. The second kappa shape index (κ2) is 3.98. The molecule has 0 heterocycles. The van der Waals surface area contributed by atoms with Crippen LogP contribution in [0.1, 0.15) is 18.4 Å². The van der Waals surface area contributed by atoms with Crippen LogP contribution in [0.2, 0.25) is 0 Å². The molecule has 92 valence electrons.